The van der Waals surface area contributed by atoms with Gasteiger partial charge in [-0.15, -0.1) is 0 Å². The van der Waals surface area contributed by atoms with Crippen molar-refractivity contribution < 1.29 is 14.4 Å². The summed E-state index contributed by atoms with van der Waals surface area (Å²) in [6.45, 7) is 8.72. The van der Waals surface area contributed by atoms with Crippen molar-refractivity contribution in [2.45, 2.75) is 39.7 Å². The minimum atomic E-state index is -0.498. The van der Waals surface area contributed by atoms with E-state index in [0.717, 1.165) is 6.42 Å². The van der Waals surface area contributed by atoms with Gasteiger partial charge in [-0.05, 0) is 40.7 Å². The van der Waals surface area contributed by atoms with Gasteiger partial charge in [-0.25, -0.2) is 4.79 Å². The first kappa shape index (κ1) is 14.2. The highest BCUT2D eigenvalue weighted by Gasteiger charge is 2.21. The second-order valence-corrected chi connectivity index (χ2v) is 4.15. The fourth-order valence-electron chi connectivity index (χ4n) is 0.844. The van der Waals surface area contributed by atoms with Crippen LogP contribution in [0.3, 0.4) is 0 Å². The minimum Gasteiger partial charge on any atom is -0.442 e. The molecule has 0 aliphatic heterocycles. The van der Waals surface area contributed by atoms with Crippen molar-refractivity contribution in [2.75, 3.05) is 19.7 Å². The van der Waals surface area contributed by atoms with Gasteiger partial charge in [0.25, 0.3) is 0 Å². The molecule has 0 saturated heterocycles. The summed E-state index contributed by atoms with van der Waals surface area (Å²) in [5.74, 6) is 0. The van der Waals surface area contributed by atoms with Crippen LogP contribution in [0.15, 0.2) is 0 Å². The van der Waals surface area contributed by atoms with Gasteiger partial charge in [-0.3, -0.25) is 4.84 Å². The van der Waals surface area contributed by atoms with Crippen LogP contribution in [0.25, 0.3) is 0 Å². The molecule has 5 nitrogen and oxygen atoms in total. The molecule has 0 aliphatic rings. The molecule has 0 fully saturated rings. The first-order chi connectivity index (χ1) is 6.90. The summed E-state index contributed by atoms with van der Waals surface area (Å²) in [5, 5.41) is 1.21. The van der Waals surface area contributed by atoms with E-state index in [1.165, 1.54) is 5.06 Å². The first-order valence-corrected chi connectivity index (χ1v) is 5.24. The SMILES string of the molecule is CCN(OCCCN)C(=O)OC(C)(C)C. The summed E-state index contributed by atoms with van der Waals surface area (Å²) >= 11 is 0. The molecular weight excluding hydrogens is 196 g/mol. The maximum Gasteiger partial charge on any atom is 0.434 e. The molecule has 5 heteroatoms. The van der Waals surface area contributed by atoms with Gasteiger partial charge in [0, 0.05) is 6.54 Å². The van der Waals surface area contributed by atoms with E-state index in [1.54, 1.807) is 0 Å². The molecule has 0 aliphatic carbocycles. The number of nitrogens with zero attached hydrogens (tertiary/aromatic N) is 1. The van der Waals surface area contributed by atoms with E-state index in [2.05, 4.69) is 0 Å². The molecule has 0 aromatic carbocycles. The second-order valence-electron chi connectivity index (χ2n) is 4.15. The molecule has 0 spiro atoms. The number of nitrogens with two attached hydrogens (primary N) is 1. The number of carbonyl (C=O) groups is 1. The largest absolute Gasteiger partial charge is 0.442 e. The smallest absolute Gasteiger partial charge is 0.434 e. The van der Waals surface area contributed by atoms with Crippen LogP contribution in [0.2, 0.25) is 0 Å². The maximum atomic E-state index is 11.5. The van der Waals surface area contributed by atoms with E-state index in [1.807, 2.05) is 27.7 Å². The molecule has 1 amide bonds. The molecule has 0 aromatic heterocycles. The molecular formula is C10H22N2O3. The van der Waals surface area contributed by atoms with E-state index < -0.39 is 11.7 Å². The van der Waals surface area contributed by atoms with Gasteiger partial charge < -0.3 is 10.5 Å². The summed E-state index contributed by atoms with van der Waals surface area (Å²) < 4.78 is 5.15. The molecule has 0 atom stereocenters. The number of ether oxygens (including phenoxy) is 1. The Bertz CT molecular complexity index is 190. The molecule has 15 heavy (non-hydrogen) atoms. The molecule has 0 rings (SSSR count). The Morgan fingerprint density at radius 1 is 1.40 bits per heavy atom. The number of rotatable bonds is 5. The Balaban J connectivity index is 3.99. The van der Waals surface area contributed by atoms with Crippen LogP contribution < -0.4 is 5.73 Å². The Morgan fingerprint density at radius 2 is 2.00 bits per heavy atom. The lowest BCUT2D eigenvalue weighted by Crippen LogP contribution is -2.37. The van der Waals surface area contributed by atoms with Gasteiger partial charge in [0.15, 0.2) is 0 Å². The highest BCUT2D eigenvalue weighted by molar-refractivity contribution is 5.66. The Kier molecular flexibility index (Phi) is 6.27. The van der Waals surface area contributed by atoms with Crippen molar-refractivity contribution in [1.29, 1.82) is 0 Å². The predicted octanol–water partition coefficient (Wildman–Crippen LogP) is 1.52. The van der Waals surface area contributed by atoms with E-state index >= 15 is 0 Å². The Hall–Kier alpha value is -0.810. The van der Waals surface area contributed by atoms with E-state index in [-0.39, 0.29) is 0 Å². The summed E-state index contributed by atoms with van der Waals surface area (Å²) in [7, 11) is 0. The summed E-state index contributed by atoms with van der Waals surface area (Å²) in [5.41, 5.74) is 4.82. The van der Waals surface area contributed by atoms with Crippen molar-refractivity contribution in [1.82, 2.24) is 5.06 Å². The minimum absolute atomic E-state index is 0.434. The van der Waals surface area contributed by atoms with Gasteiger partial charge in [-0.2, -0.15) is 5.06 Å². The molecule has 0 unspecified atom stereocenters. The third kappa shape index (κ3) is 7.16. The van der Waals surface area contributed by atoms with Crippen molar-refractivity contribution in [2.24, 2.45) is 5.73 Å². The van der Waals surface area contributed by atoms with Crippen molar-refractivity contribution >= 4 is 6.09 Å². The zero-order chi connectivity index (χ0) is 11.9. The molecule has 90 valence electrons. The molecule has 0 saturated carbocycles. The van der Waals surface area contributed by atoms with Gasteiger partial charge in [0.2, 0.25) is 0 Å². The number of hydrogen-bond donors (Lipinski definition) is 1. The topological polar surface area (TPSA) is 64.8 Å². The van der Waals surface area contributed by atoms with Crippen LogP contribution in [0.5, 0.6) is 0 Å². The summed E-state index contributed by atoms with van der Waals surface area (Å²) in [6, 6.07) is 0. The fourth-order valence-corrected chi connectivity index (χ4v) is 0.844. The number of carbonyl (C=O) groups excluding carboxylic acids is 1. The lowest BCUT2D eigenvalue weighted by Gasteiger charge is -2.25. The molecule has 0 bridgehead atoms. The molecule has 0 heterocycles. The van der Waals surface area contributed by atoms with Crippen molar-refractivity contribution in [3.05, 3.63) is 0 Å². The maximum absolute atomic E-state index is 11.5. The van der Waals surface area contributed by atoms with Crippen LogP contribution in [0.4, 0.5) is 4.79 Å². The third-order valence-corrected chi connectivity index (χ3v) is 1.48. The average Bonchev–Trinajstić information content (AvgIpc) is 2.09. The molecule has 2 N–H and O–H groups in total. The van der Waals surface area contributed by atoms with Crippen LogP contribution in [-0.4, -0.2) is 36.5 Å². The van der Waals surface area contributed by atoms with E-state index in [4.69, 9.17) is 15.3 Å². The van der Waals surface area contributed by atoms with E-state index in [9.17, 15) is 4.79 Å². The van der Waals surface area contributed by atoms with Crippen molar-refractivity contribution in [3.63, 3.8) is 0 Å². The van der Waals surface area contributed by atoms with Crippen LogP contribution in [-0.2, 0) is 9.57 Å². The lowest BCUT2D eigenvalue weighted by molar-refractivity contribution is -0.144. The number of hydrogen-bond acceptors (Lipinski definition) is 4. The monoisotopic (exact) mass is 218 g/mol. The number of amides is 1. The standard InChI is InChI=1S/C10H22N2O3/c1-5-12(14-8-6-7-11)9(13)15-10(2,3)4/h5-8,11H2,1-4H3. The predicted molar refractivity (Wildman–Crippen MR) is 58.2 cm³/mol. The average molecular weight is 218 g/mol. The Labute approximate surface area is 91.5 Å². The normalized spacial score (nSPS) is 11.3. The van der Waals surface area contributed by atoms with Gasteiger partial charge in [0.05, 0.1) is 6.61 Å². The van der Waals surface area contributed by atoms with Gasteiger partial charge >= 0.3 is 6.09 Å². The van der Waals surface area contributed by atoms with E-state index in [0.29, 0.717) is 19.7 Å². The zero-order valence-electron chi connectivity index (χ0n) is 10.1. The second kappa shape index (κ2) is 6.63. The van der Waals surface area contributed by atoms with Gasteiger partial charge in [0.1, 0.15) is 5.60 Å². The molecule has 0 radical (unpaired) electrons. The van der Waals surface area contributed by atoms with Crippen molar-refractivity contribution in [3.8, 4) is 0 Å². The summed E-state index contributed by atoms with van der Waals surface area (Å²) in [4.78, 5) is 16.7. The number of hydroxylamine groups is 2. The highest BCUT2D eigenvalue weighted by Crippen LogP contribution is 2.10. The van der Waals surface area contributed by atoms with Crippen LogP contribution in [0, 0.1) is 0 Å². The highest BCUT2D eigenvalue weighted by atomic mass is 16.7. The van der Waals surface area contributed by atoms with Crippen LogP contribution in [0.1, 0.15) is 34.1 Å². The molecule has 0 aromatic rings. The lowest BCUT2D eigenvalue weighted by atomic mass is 10.2. The van der Waals surface area contributed by atoms with Gasteiger partial charge in [-0.1, -0.05) is 0 Å². The summed E-state index contributed by atoms with van der Waals surface area (Å²) in [6.07, 6.45) is 0.265. The zero-order valence-corrected chi connectivity index (χ0v) is 10.1. The first-order valence-electron chi connectivity index (χ1n) is 5.24. The fraction of sp³-hybridized carbons (Fsp3) is 0.900. The van der Waals surface area contributed by atoms with Crippen LogP contribution >= 0.6 is 0 Å². The quantitative estimate of drug-likeness (QED) is 0.561. The Morgan fingerprint density at radius 3 is 2.40 bits per heavy atom. The third-order valence-electron chi connectivity index (χ3n) is 1.48.